The molecule has 32 heavy (non-hydrogen) atoms. The van der Waals surface area contributed by atoms with E-state index in [1.165, 1.54) is 18.3 Å². The maximum Gasteiger partial charge on any atom is 0.208 e. The van der Waals surface area contributed by atoms with Gasteiger partial charge in [0, 0.05) is 31.0 Å². The number of allylic oxidation sites excluding steroid dienone is 1. The molecule has 0 atom stereocenters. The minimum Gasteiger partial charge on any atom is -0.387 e. The lowest BCUT2D eigenvalue weighted by Crippen LogP contribution is -2.13. The number of fused-ring (bicyclic) bond motifs is 1. The van der Waals surface area contributed by atoms with E-state index in [2.05, 4.69) is 27.5 Å². The number of nitrogens with zero attached hydrogens (tertiary/aromatic N) is 5. The van der Waals surface area contributed by atoms with Gasteiger partial charge in [-0.25, -0.2) is 14.4 Å². The Morgan fingerprint density at radius 2 is 2.09 bits per heavy atom. The van der Waals surface area contributed by atoms with Gasteiger partial charge in [0.1, 0.15) is 23.7 Å². The fraction of sp³-hybridized carbons (Fsp3) is 0.261. The smallest absolute Gasteiger partial charge is 0.208 e. The minimum atomic E-state index is -0.279. The quantitative estimate of drug-likeness (QED) is 0.468. The number of nitriles is 2. The molecule has 0 fully saturated rings. The van der Waals surface area contributed by atoms with Crippen molar-refractivity contribution in [1.29, 1.82) is 15.9 Å². The van der Waals surface area contributed by atoms with Crippen LogP contribution in [0.25, 0.3) is 11.3 Å². The third kappa shape index (κ3) is 4.42. The molecular weight excluding hydrogens is 407 g/mol. The maximum atomic E-state index is 14.6. The average Bonchev–Trinajstić information content (AvgIpc) is 3.24. The highest BCUT2D eigenvalue weighted by molar-refractivity contribution is 6.09. The summed E-state index contributed by atoms with van der Waals surface area (Å²) in [6, 6.07) is 7.03. The number of nitrogens with one attached hydrogen (secondary N) is 3. The Hall–Kier alpha value is -4.24. The standard InChI is InChI=1S/C23H23FN8/c1-4-5-17-14(2)6-7-20(24)18(17)11-29-23-30-12-19(21(28-3)8-15(27)9-25)22-31-16(10-26)13-32(22)23/h6-8,12-13,27-28H,4-5,11H2,1-3H3,(H,29,30)/b21-8-,27-15?. The van der Waals surface area contributed by atoms with E-state index in [1.807, 2.05) is 13.0 Å². The van der Waals surface area contributed by atoms with Crippen molar-refractivity contribution in [2.75, 3.05) is 12.4 Å². The van der Waals surface area contributed by atoms with Crippen LogP contribution < -0.4 is 10.6 Å². The van der Waals surface area contributed by atoms with E-state index < -0.39 is 0 Å². The fourth-order valence-corrected chi connectivity index (χ4v) is 3.55. The molecule has 0 saturated carbocycles. The van der Waals surface area contributed by atoms with Crippen LogP contribution in [0, 0.1) is 40.8 Å². The van der Waals surface area contributed by atoms with Crippen LogP contribution in [0.3, 0.4) is 0 Å². The van der Waals surface area contributed by atoms with Crippen LogP contribution in [-0.4, -0.2) is 27.1 Å². The minimum absolute atomic E-state index is 0.182. The van der Waals surface area contributed by atoms with E-state index in [-0.39, 0.29) is 23.8 Å². The molecule has 0 spiro atoms. The van der Waals surface area contributed by atoms with Crippen molar-refractivity contribution in [3.8, 4) is 12.1 Å². The van der Waals surface area contributed by atoms with Crippen molar-refractivity contribution < 1.29 is 4.39 Å². The van der Waals surface area contributed by atoms with Gasteiger partial charge in [0.05, 0.1) is 11.8 Å². The number of rotatable bonds is 8. The molecule has 8 nitrogen and oxygen atoms in total. The second-order valence-corrected chi connectivity index (χ2v) is 7.19. The van der Waals surface area contributed by atoms with Gasteiger partial charge >= 0.3 is 0 Å². The zero-order chi connectivity index (χ0) is 23.3. The van der Waals surface area contributed by atoms with Gasteiger partial charge in [-0.1, -0.05) is 19.4 Å². The monoisotopic (exact) mass is 430 g/mol. The summed E-state index contributed by atoms with van der Waals surface area (Å²) in [6.45, 7) is 4.25. The van der Waals surface area contributed by atoms with E-state index in [1.54, 1.807) is 29.8 Å². The maximum absolute atomic E-state index is 14.6. The van der Waals surface area contributed by atoms with Crippen LogP contribution in [-0.2, 0) is 13.0 Å². The molecule has 0 amide bonds. The van der Waals surface area contributed by atoms with Crippen molar-refractivity contribution in [2.24, 2.45) is 0 Å². The molecule has 162 valence electrons. The Labute approximate surface area is 185 Å². The van der Waals surface area contributed by atoms with Crippen molar-refractivity contribution in [2.45, 2.75) is 33.2 Å². The van der Waals surface area contributed by atoms with E-state index in [0.717, 1.165) is 24.0 Å². The largest absolute Gasteiger partial charge is 0.387 e. The zero-order valence-electron chi connectivity index (χ0n) is 18.1. The van der Waals surface area contributed by atoms with Gasteiger partial charge < -0.3 is 10.6 Å². The Balaban J connectivity index is 2.06. The highest BCUT2D eigenvalue weighted by Crippen LogP contribution is 2.24. The lowest BCUT2D eigenvalue weighted by molar-refractivity contribution is 0.607. The normalized spacial score (nSPS) is 11.1. The molecule has 0 unspecified atom stereocenters. The number of halogens is 1. The van der Waals surface area contributed by atoms with Crippen molar-refractivity contribution >= 4 is 23.0 Å². The van der Waals surface area contributed by atoms with E-state index in [0.29, 0.717) is 28.4 Å². The Kier molecular flexibility index (Phi) is 6.81. The van der Waals surface area contributed by atoms with Crippen LogP contribution in [0.5, 0.6) is 0 Å². The van der Waals surface area contributed by atoms with Crippen molar-refractivity contribution in [1.82, 2.24) is 19.7 Å². The molecule has 0 aliphatic heterocycles. The number of hydrogen-bond donors (Lipinski definition) is 3. The van der Waals surface area contributed by atoms with E-state index in [4.69, 9.17) is 10.7 Å². The molecule has 9 heteroatoms. The first-order chi connectivity index (χ1) is 15.4. The number of hydrogen-bond acceptors (Lipinski definition) is 7. The topological polar surface area (TPSA) is 126 Å². The second-order valence-electron chi connectivity index (χ2n) is 7.19. The number of anilines is 1. The summed E-state index contributed by atoms with van der Waals surface area (Å²) in [5.41, 5.74) is 3.96. The molecular formula is C23H23FN8. The highest BCUT2D eigenvalue weighted by atomic mass is 19.1. The first-order valence-corrected chi connectivity index (χ1v) is 10.1. The third-order valence-corrected chi connectivity index (χ3v) is 5.11. The van der Waals surface area contributed by atoms with Crippen molar-refractivity contribution in [3.63, 3.8) is 0 Å². The second kappa shape index (κ2) is 9.71. The first-order valence-electron chi connectivity index (χ1n) is 10.1. The zero-order valence-corrected chi connectivity index (χ0v) is 18.1. The Morgan fingerprint density at radius 1 is 1.31 bits per heavy atom. The van der Waals surface area contributed by atoms with E-state index >= 15 is 0 Å². The molecule has 2 heterocycles. The molecule has 3 N–H and O–H groups in total. The van der Waals surface area contributed by atoms with Gasteiger partial charge in [-0.05, 0) is 36.6 Å². The van der Waals surface area contributed by atoms with E-state index in [9.17, 15) is 9.65 Å². The number of aromatic nitrogens is 3. The molecule has 0 aliphatic rings. The van der Waals surface area contributed by atoms with Gasteiger partial charge in [-0.3, -0.25) is 9.81 Å². The average molecular weight is 430 g/mol. The van der Waals surface area contributed by atoms with Gasteiger partial charge in [-0.15, -0.1) is 0 Å². The van der Waals surface area contributed by atoms with Crippen molar-refractivity contribution in [3.05, 3.63) is 64.4 Å². The van der Waals surface area contributed by atoms with Gasteiger partial charge in [0.2, 0.25) is 5.95 Å². The molecule has 3 rings (SSSR count). The molecule has 0 saturated heterocycles. The van der Waals surface area contributed by atoms with Crippen LogP contribution in [0.15, 0.2) is 30.6 Å². The summed E-state index contributed by atoms with van der Waals surface area (Å²) in [7, 11) is 1.66. The fourth-order valence-electron chi connectivity index (χ4n) is 3.55. The van der Waals surface area contributed by atoms with Gasteiger partial charge in [0.25, 0.3) is 0 Å². The number of imidazole rings is 1. The summed E-state index contributed by atoms with van der Waals surface area (Å²) >= 11 is 0. The Bertz CT molecular complexity index is 1290. The molecule has 2 aromatic heterocycles. The first kappa shape index (κ1) is 22.4. The summed E-state index contributed by atoms with van der Waals surface area (Å²) in [6.07, 6.45) is 6.12. The van der Waals surface area contributed by atoms with Crippen LogP contribution in [0.2, 0.25) is 0 Å². The number of benzene rings is 1. The number of aryl methyl sites for hydroxylation is 1. The Morgan fingerprint density at radius 3 is 2.75 bits per heavy atom. The van der Waals surface area contributed by atoms with Gasteiger partial charge in [0.15, 0.2) is 11.3 Å². The highest BCUT2D eigenvalue weighted by Gasteiger charge is 2.16. The predicted octanol–water partition coefficient (Wildman–Crippen LogP) is 3.72. The molecule has 0 aliphatic carbocycles. The molecule has 0 bridgehead atoms. The van der Waals surface area contributed by atoms with Crippen LogP contribution >= 0.6 is 0 Å². The lowest BCUT2D eigenvalue weighted by Gasteiger charge is -2.16. The molecule has 1 aromatic carbocycles. The SMILES string of the molecule is CCCc1c(C)ccc(F)c1CNc1ncc(/C(=C/C(=N)C#N)NC)c2nc(C#N)cn12. The summed E-state index contributed by atoms with van der Waals surface area (Å²) in [5.74, 6) is 0.116. The van der Waals surface area contributed by atoms with Crippen LogP contribution in [0.1, 0.15) is 41.3 Å². The summed E-state index contributed by atoms with van der Waals surface area (Å²) < 4.78 is 16.2. The van der Waals surface area contributed by atoms with Crippen LogP contribution in [0.4, 0.5) is 10.3 Å². The lowest BCUT2D eigenvalue weighted by atomic mass is 9.97. The predicted molar refractivity (Wildman–Crippen MR) is 121 cm³/mol. The third-order valence-electron chi connectivity index (χ3n) is 5.11. The summed E-state index contributed by atoms with van der Waals surface area (Å²) in [4.78, 5) is 8.79. The van der Waals surface area contributed by atoms with Gasteiger partial charge in [-0.2, -0.15) is 10.5 Å². The summed E-state index contributed by atoms with van der Waals surface area (Å²) in [5, 5.41) is 32.0. The molecule has 3 aromatic rings. The molecule has 0 radical (unpaired) electrons.